The van der Waals surface area contributed by atoms with Crippen LogP contribution in [0.4, 0.5) is 0 Å². The van der Waals surface area contributed by atoms with E-state index in [1.807, 2.05) is 12.1 Å². The number of piperidine rings is 1. The summed E-state index contributed by atoms with van der Waals surface area (Å²) in [5.74, 6) is 1.00. The third kappa shape index (κ3) is 4.74. The summed E-state index contributed by atoms with van der Waals surface area (Å²) in [6.07, 6.45) is 2.99. The predicted octanol–water partition coefficient (Wildman–Crippen LogP) is 4.37. The van der Waals surface area contributed by atoms with Crippen LogP contribution < -0.4 is 0 Å². The molecule has 0 bridgehead atoms. The van der Waals surface area contributed by atoms with Gasteiger partial charge in [0.1, 0.15) is 5.75 Å². The lowest BCUT2D eigenvalue weighted by molar-refractivity contribution is 0.0373. The van der Waals surface area contributed by atoms with Crippen LogP contribution in [0.2, 0.25) is 0 Å². The van der Waals surface area contributed by atoms with Crippen molar-refractivity contribution in [2.45, 2.75) is 38.3 Å². The van der Waals surface area contributed by atoms with Gasteiger partial charge in [0.25, 0.3) is 0 Å². The van der Waals surface area contributed by atoms with Gasteiger partial charge in [-0.25, -0.2) is 0 Å². The van der Waals surface area contributed by atoms with E-state index in [-0.39, 0.29) is 11.8 Å². The molecule has 25 heavy (non-hydrogen) atoms. The summed E-state index contributed by atoms with van der Waals surface area (Å²) >= 11 is 2.10. The van der Waals surface area contributed by atoms with Crippen molar-refractivity contribution in [1.82, 2.24) is 4.90 Å². The van der Waals surface area contributed by atoms with Gasteiger partial charge in [0.2, 0.25) is 0 Å². The van der Waals surface area contributed by atoms with Gasteiger partial charge in [-0.05, 0) is 91.0 Å². The Labute approximate surface area is 163 Å². The van der Waals surface area contributed by atoms with Gasteiger partial charge in [0, 0.05) is 6.04 Å². The highest BCUT2D eigenvalue weighted by Gasteiger charge is 2.27. The van der Waals surface area contributed by atoms with Gasteiger partial charge in [-0.2, -0.15) is 0 Å². The monoisotopic (exact) mass is 451 g/mol. The Kier molecular flexibility index (Phi) is 6.36. The third-order valence-corrected chi connectivity index (χ3v) is 6.23. The first-order valence-corrected chi connectivity index (χ1v) is 10.1. The van der Waals surface area contributed by atoms with Crippen molar-refractivity contribution in [3.05, 3.63) is 63.2 Å². The number of aliphatic hydroxyl groups is 1. The van der Waals surface area contributed by atoms with Crippen molar-refractivity contribution in [1.29, 1.82) is 0 Å². The minimum Gasteiger partial charge on any atom is -0.507 e. The molecule has 2 aromatic carbocycles. The number of aliphatic hydroxyl groups excluding tert-OH is 1. The lowest BCUT2D eigenvalue weighted by Gasteiger charge is -2.38. The van der Waals surface area contributed by atoms with Crippen molar-refractivity contribution < 1.29 is 10.2 Å². The second kappa shape index (κ2) is 8.52. The van der Waals surface area contributed by atoms with Crippen molar-refractivity contribution in [3.8, 4) is 5.75 Å². The summed E-state index contributed by atoms with van der Waals surface area (Å²) in [7, 11) is 0. The molecule has 3 nitrogen and oxygen atoms in total. The van der Waals surface area contributed by atoms with Crippen LogP contribution in [0.3, 0.4) is 0 Å². The van der Waals surface area contributed by atoms with E-state index in [1.54, 1.807) is 6.07 Å². The first-order chi connectivity index (χ1) is 12.0. The maximum absolute atomic E-state index is 10.7. The largest absolute Gasteiger partial charge is 0.507 e. The predicted molar refractivity (Wildman–Crippen MR) is 110 cm³/mol. The first-order valence-electron chi connectivity index (χ1n) is 8.99. The lowest BCUT2D eigenvalue weighted by Crippen LogP contribution is -2.43. The van der Waals surface area contributed by atoms with E-state index in [9.17, 15) is 10.2 Å². The van der Waals surface area contributed by atoms with Crippen LogP contribution in [0.1, 0.15) is 37.0 Å². The zero-order valence-corrected chi connectivity index (χ0v) is 16.8. The molecule has 0 aromatic heterocycles. The second-order valence-corrected chi connectivity index (χ2v) is 8.23. The number of benzene rings is 2. The number of nitrogens with zero attached hydrogens (tertiary/aromatic N) is 1. The smallest absolute Gasteiger partial charge is 0.128 e. The number of hydrogen-bond acceptors (Lipinski definition) is 3. The van der Waals surface area contributed by atoms with Crippen LogP contribution in [-0.2, 0) is 6.42 Å². The average molecular weight is 451 g/mol. The summed E-state index contributed by atoms with van der Waals surface area (Å²) in [5, 5.41) is 20.4. The molecule has 2 N–H and O–H groups in total. The van der Waals surface area contributed by atoms with Crippen LogP contribution in [0.5, 0.6) is 5.75 Å². The van der Waals surface area contributed by atoms with E-state index in [2.05, 4.69) is 64.7 Å². The van der Waals surface area contributed by atoms with Crippen molar-refractivity contribution in [2.75, 3.05) is 13.1 Å². The molecule has 0 unspecified atom stereocenters. The number of phenols is 1. The molecule has 0 spiro atoms. The standard InChI is InChI=1S/C21H26INO2/c1-15(21(25)18-7-8-20(24)19(22)14-18)23-11-9-17(10-12-23)13-16-5-3-2-4-6-16/h2-8,14-15,17,21,24-25H,9-13H2,1H3/t15-,21-/m0/s1. The van der Waals surface area contributed by atoms with Gasteiger partial charge in [-0.3, -0.25) is 4.90 Å². The van der Waals surface area contributed by atoms with Gasteiger partial charge in [0.15, 0.2) is 0 Å². The molecule has 0 aliphatic carbocycles. The zero-order chi connectivity index (χ0) is 17.8. The van der Waals surface area contributed by atoms with Gasteiger partial charge >= 0.3 is 0 Å². The minimum absolute atomic E-state index is 0.0815. The fourth-order valence-electron chi connectivity index (χ4n) is 3.70. The SMILES string of the molecule is C[C@@H]([C@H](O)c1ccc(O)c(I)c1)N1CCC(Cc2ccccc2)CC1. The molecule has 1 saturated heterocycles. The second-order valence-electron chi connectivity index (χ2n) is 7.07. The summed E-state index contributed by atoms with van der Waals surface area (Å²) in [5.41, 5.74) is 2.30. The van der Waals surface area contributed by atoms with E-state index < -0.39 is 6.10 Å². The molecule has 134 valence electrons. The van der Waals surface area contributed by atoms with Crippen LogP contribution in [0, 0.1) is 9.49 Å². The Balaban J connectivity index is 1.55. The highest BCUT2D eigenvalue weighted by atomic mass is 127. The van der Waals surface area contributed by atoms with Gasteiger partial charge in [-0.1, -0.05) is 36.4 Å². The molecule has 2 aromatic rings. The highest BCUT2D eigenvalue weighted by Crippen LogP contribution is 2.30. The number of hydrogen-bond donors (Lipinski definition) is 2. The number of phenolic OH excluding ortho intramolecular Hbond substituents is 1. The zero-order valence-electron chi connectivity index (χ0n) is 14.6. The summed E-state index contributed by atoms with van der Waals surface area (Å²) in [6, 6.07) is 16.2. The summed E-state index contributed by atoms with van der Waals surface area (Å²) < 4.78 is 0.780. The topological polar surface area (TPSA) is 43.7 Å². The summed E-state index contributed by atoms with van der Waals surface area (Å²) in [6.45, 7) is 4.16. The number of likely N-dealkylation sites (tertiary alicyclic amines) is 1. The molecule has 1 aliphatic heterocycles. The molecule has 1 heterocycles. The lowest BCUT2D eigenvalue weighted by atomic mass is 9.89. The molecule has 1 aliphatic rings. The van der Waals surface area contributed by atoms with Crippen LogP contribution in [-0.4, -0.2) is 34.2 Å². The first kappa shape index (κ1) is 18.7. The fourth-order valence-corrected chi connectivity index (χ4v) is 4.24. The van der Waals surface area contributed by atoms with E-state index in [0.29, 0.717) is 0 Å². The van der Waals surface area contributed by atoms with E-state index >= 15 is 0 Å². The maximum Gasteiger partial charge on any atom is 0.128 e. The molecule has 1 fully saturated rings. The molecule has 0 amide bonds. The Morgan fingerprint density at radius 3 is 2.44 bits per heavy atom. The molecular formula is C21H26INO2. The fraction of sp³-hybridized carbons (Fsp3) is 0.429. The summed E-state index contributed by atoms with van der Waals surface area (Å²) in [4.78, 5) is 2.39. The van der Waals surface area contributed by atoms with Gasteiger partial charge in [0.05, 0.1) is 9.67 Å². The van der Waals surface area contributed by atoms with Crippen molar-refractivity contribution in [3.63, 3.8) is 0 Å². The molecular weight excluding hydrogens is 425 g/mol. The third-order valence-electron chi connectivity index (χ3n) is 5.36. The number of aromatic hydroxyl groups is 1. The molecule has 0 radical (unpaired) electrons. The highest BCUT2D eigenvalue weighted by molar-refractivity contribution is 14.1. The minimum atomic E-state index is -0.528. The van der Waals surface area contributed by atoms with Crippen LogP contribution in [0.15, 0.2) is 48.5 Å². The Bertz CT molecular complexity index is 684. The Morgan fingerprint density at radius 1 is 1.12 bits per heavy atom. The van der Waals surface area contributed by atoms with Crippen molar-refractivity contribution >= 4 is 22.6 Å². The maximum atomic E-state index is 10.7. The molecule has 4 heteroatoms. The van der Waals surface area contributed by atoms with Crippen LogP contribution >= 0.6 is 22.6 Å². The molecule has 3 rings (SSSR count). The quantitative estimate of drug-likeness (QED) is 0.664. The van der Waals surface area contributed by atoms with Crippen LogP contribution in [0.25, 0.3) is 0 Å². The Hall–Kier alpha value is -1.11. The van der Waals surface area contributed by atoms with Gasteiger partial charge in [-0.15, -0.1) is 0 Å². The van der Waals surface area contributed by atoms with E-state index in [0.717, 1.165) is 34.6 Å². The molecule has 2 atom stereocenters. The number of rotatable bonds is 5. The Morgan fingerprint density at radius 2 is 1.80 bits per heavy atom. The molecule has 0 saturated carbocycles. The van der Waals surface area contributed by atoms with E-state index in [4.69, 9.17) is 0 Å². The normalized spacial score (nSPS) is 18.8. The average Bonchev–Trinajstić information content (AvgIpc) is 2.64. The van der Waals surface area contributed by atoms with Gasteiger partial charge < -0.3 is 10.2 Å². The van der Waals surface area contributed by atoms with E-state index in [1.165, 1.54) is 18.4 Å². The number of halogens is 1. The van der Waals surface area contributed by atoms with Crippen molar-refractivity contribution in [2.24, 2.45) is 5.92 Å².